The molecule has 1 fully saturated rings. The molecule has 22 heavy (non-hydrogen) atoms. The van der Waals surface area contributed by atoms with Crippen LogP contribution in [0.1, 0.15) is 24.0 Å². The molecule has 0 aliphatic carbocycles. The van der Waals surface area contributed by atoms with Crippen molar-refractivity contribution in [2.45, 2.75) is 26.1 Å². The van der Waals surface area contributed by atoms with Gasteiger partial charge in [0, 0.05) is 22.2 Å². The molecule has 0 atom stereocenters. The Morgan fingerprint density at radius 3 is 1.45 bits per heavy atom. The van der Waals surface area contributed by atoms with Crippen molar-refractivity contribution in [2.24, 2.45) is 0 Å². The number of hydrogen-bond acceptors (Lipinski definition) is 2. The van der Waals surface area contributed by atoms with Gasteiger partial charge in [0.15, 0.2) is 0 Å². The number of benzene rings is 2. The highest BCUT2D eigenvalue weighted by Gasteiger charge is 1.96. The highest BCUT2D eigenvalue weighted by atomic mass is 79.9. The van der Waals surface area contributed by atoms with Gasteiger partial charge in [-0.2, -0.15) is 0 Å². The molecule has 2 nitrogen and oxygen atoms in total. The first-order valence-electron chi connectivity index (χ1n) is 7.38. The maximum Gasteiger partial charge on any atom is 0.0721 e. The minimum Gasteiger partial charge on any atom is -0.381 e. The van der Waals surface area contributed by atoms with Gasteiger partial charge in [0.25, 0.3) is 0 Å². The molecular formula is C18H20Br2O2. The van der Waals surface area contributed by atoms with Gasteiger partial charge in [0.2, 0.25) is 0 Å². The summed E-state index contributed by atoms with van der Waals surface area (Å²) in [4.78, 5) is 0. The molecule has 3 rings (SSSR count). The van der Waals surface area contributed by atoms with Crippen molar-refractivity contribution in [2.75, 3.05) is 13.2 Å². The van der Waals surface area contributed by atoms with E-state index in [4.69, 9.17) is 9.47 Å². The fourth-order valence-electron chi connectivity index (χ4n) is 1.96. The second kappa shape index (κ2) is 10.2. The molecule has 0 unspecified atom stereocenters. The predicted molar refractivity (Wildman–Crippen MR) is 96.8 cm³/mol. The van der Waals surface area contributed by atoms with Gasteiger partial charge in [-0.1, -0.05) is 56.1 Å². The van der Waals surface area contributed by atoms with Crippen LogP contribution in [0.2, 0.25) is 0 Å². The van der Waals surface area contributed by atoms with Crippen LogP contribution >= 0.6 is 31.9 Å². The average molecular weight is 428 g/mol. The molecule has 0 amide bonds. The second-order valence-electron chi connectivity index (χ2n) is 5.07. The van der Waals surface area contributed by atoms with Gasteiger partial charge < -0.3 is 9.47 Å². The first kappa shape index (κ1) is 17.7. The molecule has 118 valence electrons. The SMILES string of the molecule is Brc1ccc(COCc2ccc(Br)cc2)cc1.C1CCOC1. The van der Waals surface area contributed by atoms with Gasteiger partial charge in [0.1, 0.15) is 0 Å². The number of hydrogen-bond donors (Lipinski definition) is 0. The van der Waals surface area contributed by atoms with Gasteiger partial charge in [-0.3, -0.25) is 0 Å². The summed E-state index contributed by atoms with van der Waals surface area (Å²) < 4.78 is 12.8. The molecule has 1 aliphatic rings. The van der Waals surface area contributed by atoms with E-state index >= 15 is 0 Å². The van der Waals surface area contributed by atoms with Gasteiger partial charge >= 0.3 is 0 Å². The summed E-state index contributed by atoms with van der Waals surface area (Å²) >= 11 is 6.82. The Balaban J connectivity index is 0.000000299. The van der Waals surface area contributed by atoms with Crippen molar-refractivity contribution in [3.63, 3.8) is 0 Å². The Kier molecular flexibility index (Phi) is 8.16. The van der Waals surface area contributed by atoms with Crippen LogP contribution in [0.15, 0.2) is 57.5 Å². The molecule has 1 heterocycles. The molecule has 0 saturated carbocycles. The molecule has 2 aromatic carbocycles. The van der Waals surface area contributed by atoms with E-state index in [1.165, 1.54) is 24.0 Å². The molecule has 0 N–H and O–H groups in total. The Morgan fingerprint density at radius 2 is 1.14 bits per heavy atom. The third-order valence-electron chi connectivity index (χ3n) is 3.19. The first-order chi connectivity index (χ1) is 10.7. The highest BCUT2D eigenvalue weighted by Crippen LogP contribution is 2.13. The molecular weight excluding hydrogens is 408 g/mol. The normalized spacial score (nSPS) is 13.5. The summed E-state index contributed by atoms with van der Waals surface area (Å²) in [6.07, 6.45) is 2.56. The fraction of sp³-hybridized carbons (Fsp3) is 0.333. The topological polar surface area (TPSA) is 18.5 Å². The maximum atomic E-state index is 5.65. The van der Waals surface area contributed by atoms with Crippen LogP contribution < -0.4 is 0 Å². The van der Waals surface area contributed by atoms with Crippen LogP contribution in [-0.2, 0) is 22.7 Å². The van der Waals surface area contributed by atoms with E-state index < -0.39 is 0 Å². The molecule has 0 bridgehead atoms. The molecule has 0 aromatic heterocycles. The molecule has 1 saturated heterocycles. The van der Waals surface area contributed by atoms with Gasteiger partial charge in [0.05, 0.1) is 13.2 Å². The van der Waals surface area contributed by atoms with Crippen LogP contribution in [0.25, 0.3) is 0 Å². The van der Waals surface area contributed by atoms with Gasteiger partial charge in [-0.25, -0.2) is 0 Å². The number of halogens is 2. The van der Waals surface area contributed by atoms with Crippen LogP contribution in [0, 0.1) is 0 Å². The predicted octanol–water partition coefficient (Wildman–Crippen LogP) is 5.73. The zero-order valence-corrected chi connectivity index (χ0v) is 15.6. The number of ether oxygens (including phenoxy) is 2. The van der Waals surface area contributed by atoms with Crippen molar-refractivity contribution in [1.29, 1.82) is 0 Å². The largest absolute Gasteiger partial charge is 0.381 e. The zero-order valence-electron chi connectivity index (χ0n) is 12.4. The van der Waals surface area contributed by atoms with Crippen LogP contribution in [0.5, 0.6) is 0 Å². The molecule has 2 aromatic rings. The summed E-state index contributed by atoms with van der Waals surface area (Å²) in [6, 6.07) is 16.3. The fourth-order valence-corrected chi connectivity index (χ4v) is 2.49. The zero-order chi connectivity index (χ0) is 15.6. The first-order valence-corrected chi connectivity index (χ1v) is 8.97. The van der Waals surface area contributed by atoms with Crippen LogP contribution in [0.3, 0.4) is 0 Å². The van der Waals surface area contributed by atoms with Crippen molar-refractivity contribution < 1.29 is 9.47 Å². The number of rotatable bonds is 4. The monoisotopic (exact) mass is 426 g/mol. The quantitative estimate of drug-likeness (QED) is 0.620. The molecule has 0 spiro atoms. The Labute approximate surface area is 149 Å². The van der Waals surface area contributed by atoms with E-state index in [0.717, 1.165) is 22.2 Å². The van der Waals surface area contributed by atoms with Gasteiger partial charge in [-0.05, 0) is 48.2 Å². The van der Waals surface area contributed by atoms with Crippen molar-refractivity contribution in [1.82, 2.24) is 0 Å². The molecule has 4 heteroatoms. The lowest BCUT2D eigenvalue weighted by molar-refractivity contribution is 0.107. The van der Waals surface area contributed by atoms with Crippen molar-refractivity contribution in [3.8, 4) is 0 Å². The molecule has 1 aliphatic heterocycles. The lowest BCUT2D eigenvalue weighted by atomic mass is 10.2. The van der Waals surface area contributed by atoms with E-state index in [9.17, 15) is 0 Å². The Morgan fingerprint density at radius 1 is 0.727 bits per heavy atom. The van der Waals surface area contributed by atoms with Crippen LogP contribution in [0.4, 0.5) is 0 Å². The van der Waals surface area contributed by atoms with Crippen molar-refractivity contribution >= 4 is 31.9 Å². The summed E-state index contributed by atoms with van der Waals surface area (Å²) in [6.45, 7) is 3.28. The minimum atomic E-state index is 0.642. The lowest BCUT2D eigenvalue weighted by Crippen LogP contribution is -1.93. The minimum absolute atomic E-state index is 0.642. The van der Waals surface area contributed by atoms with Crippen molar-refractivity contribution in [3.05, 3.63) is 68.6 Å². The van der Waals surface area contributed by atoms with Crippen LogP contribution in [-0.4, -0.2) is 13.2 Å². The average Bonchev–Trinajstić information content (AvgIpc) is 3.11. The highest BCUT2D eigenvalue weighted by molar-refractivity contribution is 9.10. The summed E-state index contributed by atoms with van der Waals surface area (Å²) in [7, 11) is 0. The van der Waals surface area contributed by atoms with Gasteiger partial charge in [-0.15, -0.1) is 0 Å². The third kappa shape index (κ3) is 7.05. The Hall–Kier alpha value is -0.680. The van der Waals surface area contributed by atoms with E-state index in [-0.39, 0.29) is 0 Å². The summed E-state index contributed by atoms with van der Waals surface area (Å²) in [5, 5.41) is 0. The smallest absolute Gasteiger partial charge is 0.0721 e. The van der Waals surface area contributed by atoms with E-state index in [2.05, 4.69) is 56.1 Å². The third-order valence-corrected chi connectivity index (χ3v) is 4.25. The Bertz CT molecular complexity index is 481. The van der Waals surface area contributed by atoms with E-state index in [1.54, 1.807) is 0 Å². The van der Waals surface area contributed by atoms with E-state index in [1.807, 2.05) is 24.3 Å². The standard InChI is InChI=1S/C14H12Br2O.C4H8O/c15-13-5-1-11(2-6-13)9-17-10-12-3-7-14(16)8-4-12;1-2-4-5-3-1/h1-8H,9-10H2;1-4H2. The van der Waals surface area contributed by atoms with E-state index in [0.29, 0.717) is 13.2 Å². The maximum absolute atomic E-state index is 5.65. The lowest BCUT2D eigenvalue weighted by Gasteiger charge is -2.05. The summed E-state index contributed by atoms with van der Waals surface area (Å²) in [5.74, 6) is 0. The molecule has 0 radical (unpaired) electrons. The second-order valence-corrected chi connectivity index (χ2v) is 6.90. The summed E-state index contributed by atoms with van der Waals surface area (Å²) in [5.41, 5.74) is 2.37.